The van der Waals surface area contributed by atoms with Gasteiger partial charge in [-0.3, -0.25) is 4.79 Å². The summed E-state index contributed by atoms with van der Waals surface area (Å²) in [5.74, 6) is 0.140. The van der Waals surface area contributed by atoms with Crippen molar-refractivity contribution in [2.24, 2.45) is 0 Å². The predicted octanol–water partition coefficient (Wildman–Crippen LogP) is -0.128. The molecule has 1 fully saturated rings. The van der Waals surface area contributed by atoms with E-state index < -0.39 is 0 Å². The summed E-state index contributed by atoms with van der Waals surface area (Å²) >= 11 is 1.82. The molecule has 88 valence electrons. The molecule has 0 spiro atoms. The van der Waals surface area contributed by atoms with Crippen LogP contribution in [0.1, 0.15) is 12.8 Å². The van der Waals surface area contributed by atoms with Gasteiger partial charge >= 0.3 is 0 Å². The minimum Gasteiger partial charge on any atom is -0.367 e. The first kappa shape index (κ1) is 11.3. The Morgan fingerprint density at radius 1 is 1.75 bits per heavy atom. The average Bonchev–Trinajstić information content (AvgIpc) is 2.95. The summed E-state index contributed by atoms with van der Waals surface area (Å²) in [7, 11) is 0. The number of carbonyl (C=O) groups is 1. The van der Waals surface area contributed by atoms with Gasteiger partial charge in [0.2, 0.25) is 11.9 Å². The van der Waals surface area contributed by atoms with E-state index in [-0.39, 0.29) is 23.1 Å². The lowest BCUT2D eigenvalue weighted by atomic mass is 10.4. The van der Waals surface area contributed by atoms with Crippen LogP contribution < -0.4 is 11.1 Å². The molecule has 1 heterocycles. The maximum atomic E-state index is 11.6. The van der Waals surface area contributed by atoms with E-state index >= 15 is 0 Å². The molecule has 0 unspecified atom stereocenters. The molecule has 1 aliphatic rings. The summed E-state index contributed by atoms with van der Waals surface area (Å²) in [6, 6.07) is 0. The minimum atomic E-state index is -0.0507. The molecular formula is C9H15N5OS. The van der Waals surface area contributed by atoms with Crippen LogP contribution in [-0.4, -0.2) is 38.2 Å². The summed E-state index contributed by atoms with van der Waals surface area (Å²) in [6.07, 6.45) is 5.91. The molecule has 1 aliphatic carbocycles. The third-order valence-electron chi connectivity index (χ3n) is 2.71. The highest BCUT2D eigenvalue weighted by molar-refractivity contribution is 8.00. The van der Waals surface area contributed by atoms with Crippen LogP contribution in [0, 0.1) is 0 Å². The monoisotopic (exact) mass is 241 g/mol. The van der Waals surface area contributed by atoms with Gasteiger partial charge in [0.25, 0.3) is 0 Å². The van der Waals surface area contributed by atoms with Gasteiger partial charge in [-0.25, -0.2) is 9.67 Å². The van der Waals surface area contributed by atoms with Crippen molar-refractivity contribution < 1.29 is 4.79 Å². The second kappa shape index (κ2) is 4.32. The maximum Gasteiger partial charge on any atom is 0.241 e. The molecular weight excluding hydrogens is 226 g/mol. The Hall–Kier alpha value is -1.24. The molecule has 1 aromatic heterocycles. The quantitative estimate of drug-likeness (QED) is 0.750. The molecule has 0 aromatic carbocycles. The van der Waals surface area contributed by atoms with Gasteiger partial charge in [0.1, 0.15) is 12.9 Å². The van der Waals surface area contributed by atoms with Crippen LogP contribution in [0.5, 0.6) is 0 Å². The fourth-order valence-electron chi connectivity index (χ4n) is 1.44. The standard InChI is InChI=1S/C9H15N5OS/c1-16-9(2-3-9)5-11-7(15)4-14-6-12-8(10)13-14/h6H,2-5H2,1H3,(H2,10,13)(H,11,15). The van der Waals surface area contributed by atoms with Crippen molar-refractivity contribution in [3.63, 3.8) is 0 Å². The molecule has 0 atom stereocenters. The highest BCUT2D eigenvalue weighted by Gasteiger charge is 2.41. The molecule has 0 saturated heterocycles. The Morgan fingerprint density at radius 2 is 2.50 bits per heavy atom. The Bertz CT molecular complexity index is 387. The van der Waals surface area contributed by atoms with Crippen LogP contribution in [0.4, 0.5) is 5.95 Å². The first-order valence-corrected chi connectivity index (χ1v) is 6.33. The smallest absolute Gasteiger partial charge is 0.241 e. The number of thioether (sulfide) groups is 1. The zero-order chi connectivity index (χ0) is 11.6. The average molecular weight is 241 g/mol. The van der Waals surface area contributed by atoms with E-state index in [0.29, 0.717) is 0 Å². The normalized spacial score (nSPS) is 17.1. The largest absolute Gasteiger partial charge is 0.367 e. The lowest BCUT2D eigenvalue weighted by Gasteiger charge is -2.12. The molecule has 0 bridgehead atoms. The summed E-state index contributed by atoms with van der Waals surface area (Å²) in [5, 5.41) is 6.75. The van der Waals surface area contributed by atoms with Crippen LogP contribution in [0.15, 0.2) is 6.33 Å². The molecule has 1 aromatic rings. The van der Waals surface area contributed by atoms with E-state index in [1.165, 1.54) is 23.9 Å². The van der Waals surface area contributed by atoms with Crippen LogP contribution >= 0.6 is 11.8 Å². The van der Waals surface area contributed by atoms with E-state index in [1.54, 1.807) is 0 Å². The topological polar surface area (TPSA) is 85.8 Å². The molecule has 0 aliphatic heterocycles. The Balaban J connectivity index is 1.76. The molecule has 6 nitrogen and oxygen atoms in total. The van der Waals surface area contributed by atoms with Crippen molar-refractivity contribution >= 4 is 23.6 Å². The number of carbonyl (C=O) groups excluding carboxylic acids is 1. The number of hydrogen-bond acceptors (Lipinski definition) is 5. The SMILES string of the molecule is CSC1(CNC(=O)Cn2cnc(N)n2)CC1. The number of nitrogen functional groups attached to an aromatic ring is 1. The Kier molecular flexibility index (Phi) is 3.04. The number of aromatic nitrogens is 3. The van der Waals surface area contributed by atoms with Crippen LogP contribution in [0.3, 0.4) is 0 Å². The van der Waals surface area contributed by atoms with Crippen molar-refractivity contribution in [1.82, 2.24) is 20.1 Å². The van der Waals surface area contributed by atoms with Crippen LogP contribution in [0.2, 0.25) is 0 Å². The third kappa shape index (κ3) is 2.66. The van der Waals surface area contributed by atoms with E-state index in [1.807, 2.05) is 11.8 Å². The Labute approximate surface area is 98.0 Å². The number of nitrogens with two attached hydrogens (primary N) is 1. The molecule has 3 N–H and O–H groups in total. The number of anilines is 1. The van der Waals surface area contributed by atoms with Crippen molar-refractivity contribution in [2.75, 3.05) is 18.5 Å². The number of hydrogen-bond donors (Lipinski definition) is 2. The second-order valence-electron chi connectivity index (χ2n) is 3.96. The maximum absolute atomic E-state index is 11.6. The van der Waals surface area contributed by atoms with Gasteiger partial charge in [-0.2, -0.15) is 11.8 Å². The Morgan fingerprint density at radius 3 is 3.00 bits per heavy atom. The summed E-state index contributed by atoms with van der Waals surface area (Å²) in [5.41, 5.74) is 5.35. The molecule has 0 radical (unpaired) electrons. The fourth-order valence-corrected chi connectivity index (χ4v) is 2.17. The zero-order valence-corrected chi connectivity index (χ0v) is 9.96. The molecule has 16 heavy (non-hydrogen) atoms. The van der Waals surface area contributed by atoms with Gasteiger partial charge in [0, 0.05) is 11.3 Å². The van der Waals surface area contributed by atoms with Gasteiger partial charge in [-0.1, -0.05) is 0 Å². The van der Waals surface area contributed by atoms with Gasteiger partial charge in [0.15, 0.2) is 0 Å². The fraction of sp³-hybridized carbons (Fsp3) is 0.667. The zero-order valence-electron chi connectivity index (χ0n) is 9.14. The van der Waals surface area contributed by atoms with E-state index in [2.05, 4.69) is 21.7 Å². The van der Waals surface area contributed by atoms with E-state index in [4.69, 9.17) is 5.73 Å². The molecule has 2 rings (SSSR count). The number of nitrogens with one attached hydrogen (secondary N) is 1. The summed E-state index contributed by atoms with van der Waals surface area (Å²) in [4.78, 5) is 15.3. The molecule has 1 saturated carbocycles. The summed E-state index contributed by atoms with van der Waals surface area (Å²) in [6.45, 7) is 0.909. The number of nitrogens with zero attached hydrogens (tertiary/aromatic N) is 3. The lowest BCUT2D eigenvalue weighted by Crippen LogP contribution is -2.34. The van der Waals surface area contributed by atoms with E-state index in [0.717, 1.165) is 6.54 Å². The minimum absolute atomic E-state index is 0.0507. The van der Waals surface area contributed by atoms with Gasteiger partial charge in [-0.05, 0) is 19.1 Å². The molecule has 7 heteroatoms. The molecule has 1 amide bonds. The van der Waals surface area contributed by atoms with Crippen molar-refractivity contribution in [1.29, 1.82) is 0 Å². The van der Waals surface area contributed by atoms with Gasteiger partial charge in [0.05, 0.1) is 0 Å². The highest BCUT2D eigenvalue weighted by Crippen LogP contribution is 2.46. The lowest BCUT2D eigenvalue weighted by molar-refractivity contribution is -0.121. The third-order valence-corrected chi connectivity index (χ3v) is 4.13. The van der Waals surface area contributed by atoms with Gasteiger partial charge < -0.3 is 11.1 Å². The first-order valence-electron chi connectivity index (χ1n) is 5.10. The number of rotatable bonds is 5. The van der Waals surface area contributed by atoms with Crippen molar-refractivity contribution in [3.05, 3.63) is 6.33 Å². The second-order valence-corrected chi connectivity index (χ2v) is 5.24. The van der Waals surface area contributed by atoms with Crippen molar-refractivity contribution in [2.45, 2.75) is 24.1 Å². The van der Waals surface area contributed by atoms with Crippen LogP contribution in [-0.2, 0) is 11.3 Å². The summed E-state index contributed by atoms with van der Waals surface area (Å²) < 4.78 is 1.72. The first-order chi connectivity index (χ1) is 7.63. The van der Waals surface area contributed by atoms with E-state index in [9.17, 15) is 4.79 Å². The highest BCUT2D eigenvalue weighted by atomic mass is 32.2. The van der Waals surface area contributed by atoms with Gasteiger partial charge in [-0.15, -0.1) is 5.10 Å². The van der Waals surface area contributed by atoms with Crippen LogP contribution in [0.25, 0.3) is 0 Å². The predicted molar refractivity (Wildman–Crippen MR) is 62.9 cm³/mol. The number of amides is 1. The van der Waals surface area contributed by atoms with Crippen molar-refractivity contribution in [3.8, 4) is 0 Å².